The molecule has 1 amide bonds. The summed E-state index contributed by atoms with van der Waals surface area (Å²) in [7, 11) is 1.34. The Bertz CT molecular complexity index is 278. The second-order valence-electron chi connectivity index (χ2n) is 3.69. The number of methoxy groups -OCH3 is 1. The Morgan fingerprint density at radius 1 is 1.00 bits per heavy atom. The van der Waals surface area contributed by atoms with Gasteiger partial charge in [0.05, 0.1) is 20.1 Å². The molecule has 0 aromatic rings. The zero-order chi connectivity index (χ0) is 13.8. The Morgan fingerprint density at radius 3 is 2.28 bits per heavy atom. The molecule has 0 aliphatic rings. The molecule has 0 heterocycles. The van der Waals surface area contributed by atoms with Crippen LogP contribution in [0.25, 0.3) is 0 Å². The molecular formula is C12H21NO5. The van der Waals surface area contributed by atoms with Crippen LogP contribution < -0.4 is 5.32 Å². The number of esters is 2. The molecule has 0 atom stereocenters. The van der Waals surface area contributed by atoms with Crippen molar-refractivity contribution >= 4 is 17.8 Å². The molecule has 0 bridgehead atoms. The molecule has 0 unspecified atom stereocenters. The van der Waals surface area contributed by atoms with E-state index in [0.717, 1.165) is 0 Å². The number of nitrogens with one attached hydrogen (secondary N) is 1. The molecule has 104 valence electrons. The lowest BCUT2D eigenvalue weighted by molar-refractivity contribution is -0.143. The van der Waals surface area contributed by atoms with Gasteiger partial charge >= 0.3 is 11.9 Å². The fraction of sp³-hybridized carbons (Fsp3) is 0.750. The van der Waals surface area contributed by atoms with Crippen molar-refractivity contribution in [1.29, 1.82) is 0 Å². The van der Waals surface area contributed by atoms with E-state index < -0.39 is 0 Å². The lowest BCUT2D eigenvalue weighted by Crippen LogP contribution is -2.26. The molecule has 0 saturated heterocycles. The largest absolute Gasteiger partial charge is 0.469 e. The first-order chi connectivity index (χ1) is 8.60. The zero-order valence-corrected chi connectivity index (χ0v) is 11.0. The van der Waals surface area contributed by atoms with Gasteiger partial charge in [-0.25, -0.2) is 0 Å². The summed E-state index contributed by atoms with van der Waals surface area (Å²) in [5, 5.41) is 2.62. The van der Waals surface area contributed by atoms with Gasteiger partial charge in [-0.3, -0.25) is 14.4 Å². The third kappa shape index (κ3) is 9.62. The Labute approximate surface area is 107 Å². The maximum atomic E-state index is 11.3. The lowest BCUT2D eigenvalue weighted by Gasteiger charge is -2.05. The van der Waals surface area contributed by atoms with Crippen LogP contribution in [0.4, 0.5) is 0 Å². The molecule has 0 aromatic carbocycles. The topological polar surface area (TPSA) is 81.7 Å². The van der Waals surface area contributed by atoms with Crippen molar-refractivity contribution in [2.75, 3.05) is 20.3 Å². The van der Waals surface area contributed by atoms with E-state index in [0.29, 0.717) is 32.3 Å². The minimum absolute atomic E-state index is 0.121. The number of hydrogen-bond donors (Lipinski definition) is 1. The number of ether oxygens (including phenoxy) is 2. The number of carbonyl (C=O) groups is 3. The van der Waals surface area contributed by atoms with Gasteiger partial charge in [-0.2, -0.15) is 0 Å². The minimum Gasteiger partial charge on any atom is -0.469 e. The van der Waals surface area contributed by atoms with Gasteiger partial charge in [-0.1, -0.05) is 0 Å². The summed E-state index contributed by atoms with van der Waals surface area (Å²) in [4.78, 5) is 33.1. The van der Waals surface area contributed by atoms with Gasteiger partial charge in [0, 0.05) is 19.4 Å². The predicted molar refractivity (Wildman–Crippen MR) is 64.7 cm³/mol. The Kier molecular flexibility index (Phi) is 9.62. The van der Waals surface area contributed by atoms with Crippen LogP contribution in [0.15, 0.2) is 0 Å². The predicted octanol–water partition coefficient (Wildman–Crippen LogP) is 0.789. The number of hydrogen-bond acceptors (Lipinski definition) is 5. The van der Waals surface area contributed by atoms with E-state index in [1.807, 2.05) is 0 Å². The number of unbranched alkanes of at least 4 members (excludes halogenated alkanes) is 1. The molecule has 1 N–H and O–H groups in total. The van der Waals surface area contributed by atoms with Crippen LogP contribution in [-0.2, 0) is 23.9 Å². The number of amides is 1. The van der Waals surface area contributed by atoms with Gasteiger partial charge in [0.25, 0.3) is 0 Å². The van der Waals surface area contributed by atoms with Crippen molar-refractivity contribution in [2.24, 2.45) is 0 Å². The van der Waals surface area contributed by atoms with E-state index in [1.54, 1.807) is 6.92 Å². The Hall–Kier alpha value is -1.59. The van der Waals surface area contributed by atoms with Crippen LogP contribution in [0.5, 0.6) is 0 Å². The highest BCUT2D eigenvalue weighted by atomic mass is 16.5. The summed E-state index contributed by atoms with van der Waals surface area (Å²) in [5.74, 6) is -0.703. The molecular weight excluding hydrogens is 238 g/mol. The van der Waals surface area contributed by atoms with Crippen LogP contribution in [0.1, 0.15) is 39.0 Å². The van der Waals surface area contributed by atoms with E-state index in [4.69, 9.17) is 4.74 Å². The minimum atomic E-state index is -0.316. The normalized spacial score (nSPS) is 9.67. The fourth-order valence-corrected chi connectivity index (χ4v) is 1.28. The zero-order valence-electron chi connectivity index (χ0n) is 11.0. The molecule has 0 aliphatic heterocycles. The van der Waals surface area contributed by atoms with Crippen molar-refractivity contribution in [1.82, 2.24) is 5.32 Å². The Balaban J connectivity index is 3.43. The quantitative estimate of drug-likeness (QED) is 0.489. The summed E-state index contributed by atoms with van der Waals surface area (Å²) < 4.78 is 9.20. The van der Waals surface area contributed by atoms with E-state index >= 15 is 0 Å². The van der Waals surface area contributed by atoms with E-state index in [9.17, 15) is 14.4 Å². The van der Waals surface area contributed by atoms with Gasteiger partial charge < -0.3 is 14.8 Å². The highest BCUT2D eigenvalue weighted by Gasteiger charge is 2.05. The Morgan fingerprint density at radius 2 is 1.67 bits per heavy atom. The van der Waals surface area contributed by atoms with Gasteiger partial charge in [-0.05, 0) is 19.8 Å². The summed E-state index contributed by atoms with van der Waals surface area (Å²) in [6.45, 7) is 2.37. The second-order valence-corrected chi connectivity index (χ2v) is 3.69. The highest BCUT2D eigenvalue weighted by molar-refractivity contribution is 5.77. The molecule has 6 heteroatoms. The molecule has 0 aromatic heterocycles. The van der Waals surface area contributed by atoms with Gasteiger partial charge in [-0.15, -0.1) is 0 Å². The van der Waals surface area contributed by atoms with Gasteiger partial charge in [0.15, 0.2) is 0 Å². The first kappa shape index (κ1) is 16.4. The van der Waals surface area contributed by atoms with Crippen molar-refractivity contribution < 1.29 is 23.9 Å². The highest BCUT2D eigenvalue weighted by Crippen LogP contribution is 2.00. The van der Waals surface area contributed by atoms with Crippen molar-refractivity contribution in [3.63, 3.8) is 0 Å². The SMILES string of the molecule is CCOC(=O)CCNC(=O)CCCCC(=O)OC. The van der Waals surface area contributed by atoms with Crippen molar-refractivity contribution in [3.05, 3.63) is 0 Å². The maximum Gasteiger partial charge on any atom is 0.307 e. The van der Waals surface area contributed by atoms with Crippen molar-refractivity contribution in [2.45, 2.75) is 39.0 Å². The molecule has 18 heavy (non-hydrogen) atoms. The third-order valence-corrected chi connectivity index (χ3v) is 2.22. The molecule has 0 radical (unpaired) electrons. The van der Waals surface area contributed by atoms with Crippen molar-refractivity contribution in [3.8, 4) is 0 Å². The number of rotatable bonds is 9. The molecule has 0 spiro atoms. The summed E-state index contributed by atoms with van der Waals surface area (Å²) in [5.41, 5.74) is 0. The monoisotopic (exact) mass is 259 g/mol. The molecule has 0 rings (SSSR count). The van der Waals surface area contributed by atoms with E-state index in [-0.39, 0.29) is 30.8 Å². The standard InChI is InChI=1S/C12H21NO5/c1-3-18-12(16)8-9-13-10(14)6-4-5-7-11(15)17-2/h3-9H2,1-2H3,(H,13,14). The molecule has 0 saturated carbocycles. The van der Waals surface area contributed by atoms with Gasteiger partial charge in [0.1, 0.15) is 0 Å². The van der Waals surface area contributed by atoms with E-state index in [1.165, 1.54) is 7.11 Å². The molecule has 6 nitrogen and oxygen atoms in total. The van der Waals surface area contributed by atoms with Crippen LogP contribution in [0.3, 0.4) is 0 Å². The maximum absolute atomic E-state index is 11.3. The van der Waals surface area contributed by atoms with Crippen LogP contribution in [0, 0.1) is 0 Å². The smallest absolute Gasteiger partial charge is 0.307 e. The average molecular weight is 259 g/mol. The fourth-order valence-electron chi connectivity index (χ4n) is 1.28. The number of carbonyl (C=O) groups excluding carboxylic acids is 3. The second kappa shape index (κ2) is 10.6. The average Bonchev–Trinajstić information content (AvgIpc) is 2.34. The first-order valence-electron chi connectivity index (χ1n) is 6.09. The first-order valence-corrected chi connectivity index (χ1v) is 6.09. The third-order valence-electron chi connectivity index (χ3n) is 2.22. The van der Waals surface area contributed by atoms with E-state index in [2.05, 4.69) is 10.1 Å². The summed E-state index contributed by atoms with van der Waals surface area (Å²) in [6.07, 6.45) is 2.10. The molecule has 0 aliphatic carbocycles. The lowest BCUT2D eigenvalue weighted by atomic mass is 10.2. The van der Waals surface area contributed by atoms with Crippen LogP contribution in [-0.4, -0.2) is 38.1 Å². The van der Waals surface area contributed by atoms with Crippen LogP contribution >= 0.6 is 0 Å². The molecule has 0 fully saturated rings. The summed E-state index contributed by atoms with van der Waals surface area (Å²) >= 11 is 0. The summed E-state index contributed by atoms with van der Waals surface area (Å²) in [6, 6.07) is 0. The van der Waals surface area contributed by atoms with Crippen LogP contribution in [0.2, 0.25) is 0 Å². The van der Waals surface area contributed by atoms with Gasteiger partial charge in [0.2, 0.25) is 5.91 Å².